The lowest BCUT2D eigenvalue weighted by Crippen LogP contribution is -2.49. The van der Waals surface area contributed by atoms with Crippen LogP contribution < -0.4 is 30.2 Å². The summed E-state index contributed by atoms with van der Waals surface area (Å²) in [6, 6.07) is -0.266. The van der Waals surface area contributed by atoms with E-state index in [-0.39, 0.29) is 214 Å². The van der Waals surface area contributed by atoms with Gasteiger partial charge in [-0.2, -0.15) is 0 Å². The van der Waals surface area contributed by atoms with Crippen LogP contribution in [0.25, 0.3) is 0 Å². The van der Waals surface area contributed by atoms with Gasteiger partial charge in [0.25, 0.3) is 0 Å². The Bertz CT molecular complexity index is 4060. The lowest BCUT2D eigenvalue weighted by molar-refractivity contribution is -0.237. The Balaban J connectivity index is 0.000000279. The first-order valence-electron chi connectivity index (χ1n) is 51.5. The van der Waals surface area contributed by atoms with Gasteiger partial charge in [0.15, 0.2) is 6.10 Å². The zero-order chi connectivity index (χ0) is 110. The zero-order valence-corrected chi connectivity index (χ0v) is 95.9. The minimum Gasteiger partial charge on any atom is -0.746 e. The van der Waals surface area contributed by atoms with E-state index in [9.17, 15) is 72.5 Å². The molecule has 0 bridgehead atoms. The lowest BCUT2D eigenvalue weighted by Gasteiger charge is -2.36. The second kappa shape index (κ2) is 58.7. The van der Waals surface area contributed by atoms with Crippen molar-refractivity contribution in [3.05, 3.63) is 49.4 Å². The van der Waals surface area contributed by atoms with Gasteiger partial charge in [-0.1, -0.05) is 47.1 Å². The van der Waals surface area contributed by atoms with E-state index in [1.54, 1.807) is 20.8 Å². The summed E-state index contributed by atoms with van der Waals surface area (Å²) in [5.74, 6) is -2.09. The average Bonchev–Trinajstić information content (AvgIpc) is 1.64. The highest BCUT2D eigenvalue weighted by Gasteiger charge is 2.55. The fourth-order valence-electron chi connectivity index (χ4n) is 19.0. The van der Waals surface area contributed by atoms with Crippen LogP contribution in [0.5, 0.6) is 0 Å². The summed E-state index contributed by atoms with van der Waals surface area (Å²) in [7, 11) is -24.1. The molecule has 0 aromatic carbocycles. The first kappa shape index (κ1) is 132. The van der Waals surface area contributed by atoms with Crippen LogP contribution in [0.4, 0.5) is 0 Å². The molecule has 0 amide bonds. The topological polar surface area (TPSA) is 574 Å². The van der Waals surface area contributed by atoms with Crippen LogP contribution in [-0.2, 0) is 153 Å². The molecule has 3 saturated carbocycles. The van der Waals surface area contributed by atoms with E-state index in [1.807, 2.05) is 187 Å². The summed E-state index contributed by atoms with van der Waals surface area (Å²) in [4.78, 5) is 75.2. The molecule has 0 spiro atoms. The summed E-state index contributed by atoms with van der Waals surface area (Å²) in [5, 5.41) is 41.6. The van der Waals surface area contributed by atoms with Crippen molar-refractivity contribution in [3.8, 4) is 0 Å². The van der Waals surface area contributed by atoms with E-state index in [4.69, 9.17) is 131 Å². The van der Waals surface area contributed by atoms with Crippen LogP contribution in [0, 0.1) is 29.6 Å². The number of carbonyl (C=O) groups is 1. The molecule has 7 aliphatic heterocycles. The number of phosphoric acid groups is 5. The highest BCUT2D eigenvalue weighted by molar-refractivity contribution is 7.47. The first-order chi connectivity index (χ1) is 67.4. The van der Waals surface area contributed by atoms with Crippen LogP contribution >= 0.6 is 39.1 Å². The molecule has 6 N–H and O–H groups in total. The first-order valence-corrected chi connectivity index (χ1v) is 58.8. The van der Waals surface area contributed by atoms with Gasteiger partial charge in [0.2, 0.25) is 0 Å². The summed E-state index contributed by atoms with van der Waals surface area (Å²) < 4.78 is 211. The van der Waals surface area contributed by atoms with Crippen molar-refractivity contribution < 1.29 is 198 Å². The Labute approximate surface area is 866 Å². The molecular weight excluding hydrogens is 2020 g/mol. The molecule has 10 fully saturated rings. The molecule has 10 rings (SSSR count). The Kier molecular flexibility index (Phi) is 53.1. The Morgan fingerprint density at radius 2 is 0.692 bits per heavy atom. The fourth-order valence-corrected chi connectivity index (χ4v) is 24.0. The van der Waals surface area contributed by atoms with Crippen molar-refractivity contribution in [2.24, 2.45) is 35.3 Å². The summed E-state index contributed by atoms with van der Waals surface area (Å²) in [6.45, 7) is 70.8. The third-order valence-electron chi connectivity index (χ3n) is 25.4. The number of aliphatic hydroxyl groups excluding tert-OH is 3. The van der Waals surface area contributed by atoms with Crippen LogP contribution in [0.2, 0.25) is 0 Å². The fraction of sp³-hybridized carbons (Fsp3) is 0.908. The molecule has 0 radical (unpaired) electrons. The largest absolute Gasteiger partial charge is 0.746 e. The van der Waals surface area contributed by atoms with Crippen LogP contribution in [0.15, 0.2) is 49.4 Å². The molecule has 10 aliphatic rings. The highest BCUT2D eigenvalue weighted by Crippen LogP contribution is 2.55. The van der Waals surface area contributed by atoms with Crippen molar-refractivity contribution in [1.29, 1.82) is 0 Å². The Morgan fingerprint density at radius 3 is 1.07 bits per heavy atom. The number of ether oxygens (including phenoxy) is 17. The number of hydrogen-bond donors (Lipinski definition) is 5. The highest BCUT2D eigenvalue weighted by atomic mass is 31.2. The van der Waals surface area contributed by atoms with Crippen molar-refractivity contribution >= 4 is 45.1 Å². The molecule has 48 heteroatoms. The SMILES string of the molecule is C=C(OP(=O)([O-])O[C@@H]1C(O)[C@H](C)O[C@@H]1COC(C)C)[C@H]1O[C@@H](C)C[C@H]1OC(C)C.C=C(OP(=O)([O-])O[C@@H]1C[C@H](C)C(O)[C@@H]1COC(C)C)[C@H]1O[C@@H](C)C[C@H]1OC(C)C.C=C(OP(=O)([O-])O[C@@H]1C[C@H](C)C[C@]1(O)COC(C)C)[C@H]1O[C@@H](C)C[C@H]1OC(C)C.C=C(OP(=O)([O-])O[C@@H]1C[C@H](C)O[C@]1(CO)COC(C)C)[C@H]1O[C@@H](C)C[C@H]1OC(C)C.CC(C)OC[C@H]1C(N)[C@@H](C)C[C@H]1OP(=O)([O-])OC(=O)[C@H]1O[C@@H](C)C[C@H]1OC(C)C. The predicted molar refractivity (Wildman–Crippen MR) is 527 cm³/mol. The quantitative estimate of drug-likeness (QED) is 0.0279. The van der Waals surface area contributed by atoms with Crippen LogP contribution in [0.3, 0.4) is 0 Å². The Hall–Kier alpha value is -2.50. The number of rotatable bonds is 50. The lowest BCUT2D eigenvalue weighted by atomic mass is 9.98. The second-order valence-electron chi connectivity index (χ2n) is 43.1. The number of aliphatic hydroxyl groups is 4. The van der Waals surface area contributed by atoms with E-state index >= 15 is 0 Å². The Morgan fingerprint density at radius 1 is 0.370 bits per heavy atom. The maximum absolute atomic E-state index is 12.7. The van der Waals surface area contributed by atoms with Gasteiger partial charge >= 0.3 is 45.1 Å². The van der Waals surface area contributed by atoms with Gasteiger partial charge in [-0.05, 0) is 230 Å². The molecule has 3 aliphatic carbocycles. The van der Waals surface area contributed by atoms with Crippen LogP contribution in [-0.4, -0.2) is 297 Å². The normalized spacial score (nSPS) is 37.1. The van der Waals surface area contributed by atoms with E-state index in [1.165, 1.54) is 0 Å². The standard InChI is InChI=1S/C20H37O9P.2C20H37O8P.C19H36NO8P.C19H35O9P/c1-12(2)24-11-20(10-21)18(9-15(6)27-20)29-30(22,23)28-16(7)19-17(25-13(3)4)8-14(5)26-19;1-12(2)24-11-20(21)10-14(5)8-18(20)28-29(22,23)27-16(7)19-17(25-13(3)4)9-15(6)26-19;1-11(2)24-10-16-17(8-13(5)19(16)21)28-29(22,23)27-15(7)20-18(25-12(3)4)9-14(6)26-20;1-10(2)24-9-14-15(7-12(5)17(14)20)27-29(22,23)28-19(21)18-16(25-11(3)4)8-13(6)26-18;1-10(2)23-9-16-19(17(20)13(6)26-16)28-29(21,22)27-14(7)18-15(24-11(3)4)8-12(5)25-18/h12-15,17-19,21H,7-11H2,1-6H3,(H,22,23);12-15,17-19,21H,7-11H2,1-6H3,(H,22,23);11-14,16-21H,7-10H2,1-6H3,(H,22,23);10-18H,7-9,20H2,1-6H3,(H,22,23);10-13,15-20H,7-9H2,1-6H3,(H,21,22)/p-5/t14-,15-,17+,18+,19+,20+;14-,15-,17+,18+,19+,20-;13-,14-,16+,17+,18+,19?,20+;12-,13-,14+,15+,16+,17?,18-;12-,13-,15+,16+,17?,18+,19-/m00000/s1. The van der Waals surface area contributed by atoms with Gasteiger partial charge in [-0.15, -0.1) is 0 Å². The van der Waals surface area contributed by atoms with E-state index in [0.717, 1.165) is 0 Å². The van der Waals surface area contributed by atoms with Crippen molar-refractivity contribution in [2.45, 2.75) is 503 Å². The van der Waals surface area contributed by atoms with E-state index in [0.29, 0.717) is 57.8 Å². The van der Waals surface area contributed by atoms with Gasteiger partial charge < -0.3 is 176 Å². The third kappa shape index (κ3) is 42.8. The van der Waals surface area contributed by atoms with E-state index in [2.05, 4.69) is 26.3 Å². The van der Waals surface area contributed by atoms with Crippen molar-refractivity contribution in [1.82, 2.24) is 0 Å². The molecule has 146 heavy (non-hydrogen) atoms. The van der Waals surface area contributed by atoms with Crippen molar-refractivity contribution in [2.75, 3.05) is 39.6 Å². The van der Waals surface area contributed by atoms with Gasteiger partial charge in [0, 0.05) is 56.4 Å². The number of hydrogen-bond acceptors (Lipinski definition) is 43. The molecule has 38 atom stereocenters. The minimum absolute atomic E-state index is 0.00578. The number of nitrogens with two attached hydrogens (primary N) is 1. The number of phosphoric ester groups is 5. The number of carbonyl (C=O) groups excluding carboxylic acids is 1. The summed E-state index contributed by atoms with van der Waals surface area (Å²) in [5.41, 5.74) is 3.51. The smallest absolute Gasteiger partial charge is 0.343 e. The molecule has 7 saturated heterocycles. The minimum atomic E-state index is -4.91. The molecule has 8 unspecified atom stereocenters. The summed E-state index contributed by atoms with van der Waals surface area (Å²) >= 11 is 0. The monoisotopic (exact) mass is 2200 g/mol. The molecule has 856 valence electrons. The molecule has 43 nitrogen and oxygen atoms in total. The van der Waals surface area contributed by atoms with E-state index < -0.39 is 160 Å². The van der Waals surface area contributed by atoms with Gasteiger partial charge in [0.05, 0.1) is 198 Å². The molecule has 7 heterocycles. The van der Waals surface area contributed by atoms with Gasteiger partial charge in [-0.25, -0.2) is 4.79 Å². The van der Waals surface area contributed by atoms with Gasteiger partial charge in [0.1, 0.15) is 83.1 Å². The molecule has 0 aromatic rings. The van der Waals surface area contributed by atoms with Crippen LogP contribution in [0.1, 0.15) is 272 Å². The summed E-state index contributed by atoms with van der Waals surface area (Å²) in [6.07, 6.45) is -10.5. The second-order valence-corrected chi connectivity index (χ2v) is 49.6. The maximum atomic E-state index is 12.7. The van der Waals surface area contributed by atoms with Crippen molar-refractivity contribution in [3.63, 3.8) is 0 Å². The predicted octanol–water partition coefficient (Wildman–Crippen LogP) is 11.7. The average molecular weight is 2200 g/mol. The maximum Gasteiger partial charge on any atom is 0.343 e. The van der Waals surface area contributed by atoms with Gasteiger partial charge in [-0.3, -0.25) is 22.8 Å². The molecule has 0 aromatic heterocycles. The third-order valence-corrected chi connectivity index (χ3v) is 30.2. The molecular formula is C98H177NO42P5-5. The zero-order valence-electron chi connectivity index (χ0n) is 91.4.